The molecular formula is C22H31N3O. The molecule has 26 heavy (non-hydrogen) atoms. The van der Waals surface area contributed by atoms with Gasteiger partial charge in [-0.2, -0.15) is 0 Å². The number of aromatic amines is 2. The van der Waals surface area contributed by atoms with Crippen LogP contribution in [0.2, 0.25) is 0 Å². The fourth-order valence-corrected chi connectivity index (χ4v) is 3.43. The van der Waals surface area contributed by atoms with E-state index >= 15 is 0 Å². The third-order valence-electron chi connectivity index (χ3n) is 4.95. The maximum Gasteiger partial charge on any atom is 0.146 e. The summed E-state index contributed by atoms with van der Waals surface area (Å²) < 4.78 is 5.50. The van der Waals surface area contributed by atoms with Crippen LogP contribution >= 0.6 is 0 Å². The Morgan fingerprint density at radius 3 is 2.58 bits per heavy atom. The molecule has 0 radical (unpaired) electrons. The van der Waals surface area contributed by atoms with Crippen LogP contribution in [0.4, 0.5) is 0 Å². The lowest BCUT2D eigenvalue weighted by atomic mass is 10.1. The van der Waals surface area contributed by atoms with Crippen LogP contribution in [-0.2, 0) is 6.42 Å². The molecule has 3 heterocycles. The van der Waals surface area contributed by atoms with Gasteiger partial charge >= 0.3 is 0 Å². The van der Waals surface area contributed by atoms with Crippen LogP contribution < -0.4 is 4.74 Å². The standard InChI is InChI=1S/C22H31N3O/c1-26-22-16-20-19-14-13-18(24-19)12-10-8-6-4-2-3-5-7-9-11-15-23-17-21(22)25-20/h7,9,13-14,16-17,24-25H,2-6,8,10-12,15H2,1H3/b9-7-,23-17?. The molecule has 2 N–H and O–H groups in total. The van der Waals surface area contributed by atoms with Gasteiger partial charge in [0.2, 0.25) is 0 Å². The average molecular weight is 354 g/mol. The second kappa shape index (κ2) is 10.0. The van der Waals surface area contributed by atoms with Gasteiger partial charge in [0, 0.05) is 24.5 Å². The van der Waals surface area contributed by atoms with Gasteiger partial charge < -0.3 is 14.7 Å². The fourth-order valence-electron chi connectivity index (χ4n) is 3.43. The minimum absolute atomic E-state index is 0.806. The first kappa shape index (κ1) is 18.6. The zero-order valence-electron chi connectivity index (χ0n) is 15.9. The molecule has 0 fully saturated rings. The van der Waals surface area contributed by atoms with Crippen LogP contribution in [-0.4, -0.2) is 29.8 Å². The second-order valence-corrected chi connectivity index (χ2v) is 7.02. The molecule has 140 valence electrons. The zero-order chi connectivity index (χ0) is 18.0. The van der Waals surface area contributed by atoms with Gasteiger partial charge in [-0.3, -0.25) is 4.99 Å². The van der Waals surface area contributed by atoms with E-state index in [9.17, 15) is 0 Å². The molecule has 3 rings (SSSR count). The van der Waals surface area contributed by atoms with Gasteiger partial charge in [-0.15, -0.1) is 0 Å². The number of aliphatic imine (C=N–C) groups is 1. The van der Waals surface area contributed by atoms with Crippen LogP contribution in [0.15, 0.2) is 35.3 Å². The van der Waals surface area contributed by atoms with Crippen molar-refractivity contribution in [2.75, 3.05) is 13.7 Å². The number of aromatic nitrogens is 2. The Labute approximate surface area is 156 Å². The minimum atomic E-state index is 0.806. The number of hydrogen-bond donors (Lipinski definition) is 2. The van der Waals surface area contributed by atoms with Crippen LogP contribution in [0.3, 0.4) is 0 Å². The number of methoxy groups -OCH3 is 1. The number of fused-ring (bicyclic) bond motifs is 5. The van der Waals surface area contributed by atoms with Crippen molar-refractivity contribution in [3.63, 3.8) is 0 Å². The normalized spacial score (nSPS) is 18.3. The quantitative estimate of drug-likeness (QED) is 0.638. The minimum Gasteiger partial charge on any atom is -0.494 e. The molecule has 0 saturated heterocycles. The zero-order valence-corrected chi connectivity index (χ0v) is 15.9. The van der Waals surface area contributed by atoms with E-state index in [1.165, 1.54) is 50.6 Å². The molecule has 1 aliphatic heterocycles. The highest BCUT2D eigenvalue weighted by atomic mass is 16.5. The molecule has 0 aliphatic carbocycles. The van der Waals surface area contributed by atoms with E-state index < -0.39 is 0 Å². The Kier molecular flexibility index (Phi) is 7.17. The van der Waals surface area contributed by atoms with E-state index in [0.29, 0.717) is 0 Å². The number of rotatable bonds is 1. The summed E-state index contributed by atoms with van der Waals surface area (Å²) in [4.78, 5) is 11.5. The predicted molar refractivity (Wildman–Crippen MR) is 109 cm³/mol. The summed E-state index contributed by atoms with van der Waals surface area (Å²) >= 11 is 0. The summed E-state index contributed by atoms with van der Waals surface area (Å²) in [6, 6.07) is 6.39. The molecule has 2 aromatic heterocycles. The molecule has 0 amide bonds. The van der Waals surface area contributed by atoms with E-state index in [-0.39, 0.29) is 0 Å². The van der Waals surface area contributed by atoms with Gasteiger partial charge in [-0.25, -0.2) is 0 Å². The highest BCUT2D eigenvalue weighted by Crippen LogP contribution is 2.26. The van der Waals surface area contributed by atoms with Gasteiger partial charge in [-0.05, 0) is 44.2 Å². The summed E-state index contributed by atoms with van der Waals surface area (Å²) in [5, 5.41) is 0. The molecule has 2 aromatic rings. The molecule has 0 saturated carbocycles. The summed E-state index contributed by atoms with van der Waals surface area (Å²) in [5.41, 5.74) is 4.39. The van der Waals surface area contributed by atoms with Crippen molar-refractivity contribution >= 4 is 6.21 Å². The molecule has 4 heteroatoms. The van der Waals surface area contributed by atoms with Gasteiger partial charge in [0.05, 0.1) is 24.2 Å². The number of nitrogens with one attached hydrogen (secondary N) is 2. The Bertz CT molecular complexity index is 724. The third kappa shape index (κ3) is 5.38. The Hall–Kier alpha value is -2.23. The van der Waals surface area contributed by atoms with Crippen molar-refractivity contribution in [3.05, 3.63) is 41.7 Å². The van der Waals surface area contributed by atoms with Gasteiger partial charge in [0.15, 0.2) is 0 Å². The van der Waals surface area contributed by atoms with Crippen LogP contribution in [0.5, 0.6) is 5.75 Å². The smallest absolute Gasteiger partial charge is 0.146 e. The van der Waals surface area contributed by atoms with Gasteiger partial charge in [-0.1, -0.05) is 37.8 Å². The van der Waals surface area contributed by atoms with Crippen LogP contribution in [0.25, 0.3) is 11.4 Å². The summed E-state index contributed by atoms with van der Waals surface area (Å²) in [6.45, 7) is 0.806. The molecule has 1 aliphatic rings. The van der Waals surface area contributed by atoms with E-state index in [4.69, 9.17) is 4.74 Å². The third-order valence-corrected chi connectivity index (χ3v) is 4.95. The van der Waals surface area contributed by atoms with E-state index in [2.05, 4.69) is 39.2 Å². The largest absolute Gasteiger partial charge is 0.494 e. The SMILES string of the molecule is COc1cc2[nH]c1C=NCC/C=C\CCCCCCCCc1ccc-2[nH]1. The summed E-state index contributed by atoms with van der Waals surface area (Å²) in [6.07, 6.45) is 17.7. The lowest BCUT2D eigenvalue weighted by Gasteiger charge is -2.01. The van der Waals surface area contributed by atoms with Crippen molar-refractivity contribution in [2.45, 2.75) is 57.8 Å². The van der Waals surface area contributed by atoms with Crippen molar-refractivity contribution in [3.8, 4) is 17.1 Å². The lowest BCUT2D eigenvalue weighted by molar-refractivity contribution is 0.415. The molecule has 4 nitrogen and oxygen atoms in total. The van der Waals surface area contributed by atoms with Crippen molar-refractivity contribution < 1.29 is 4.74 Å². The maximum atomic E-state index is 5.50. The van der Waals surface area contributed by atoms with Crippen molar-refractivity contribution in [1.82, 2.24) is 9.97 Å². The molecule has 0 atom stereocenters. The molecule has 4 bridgehead atoms. The average Bonchev–Trinajstić information content (AvgIpc) is 3.28. The highest BCUT2D eigenvalue weighted by Gasteiger charge is 2.10. The molecule has 0 unspecified atom stereocenters. The lowest BCUT2D eigenvalue weighted by Crippen LogP contribution is -1.90. The van der Waals surface area contributed by atoms with Crippen molar-refractivity contribution in [2.24, 2.45) is 4.99 Å². The summed E-state index contributed by atoms with van der Waals surface area (Å²) in [7, 11) is 1.70. The monoisotopic (exact) mass is 353 g/mol. The van der Waals surface area contributed by atoms with E-state index in [1.54, 1.807) is 7.11 Å². The topological polar surface area (TPSA) is 53.2 Å². The number of hydrogen-bond acceptors (Lipinski definition) is 2. The van der Waals surface area contributed by atoms with Crippen LogP contribution in [0.1, 0.15) is 62.8 Å². The van der Waals surface area contributed by atoms with Gasteiger partial charge in [0.25, 0.3) is 0 Å². The molecule has 0 spiro atoms. The maximum absolute atomic E-state index is 5.50. The summed E-state index contributed by atoms with van der Waals surface area (Å²) in [5.74, 6) is 0.835. The first-order valence-electron chi connectivity index (χ1n) is 9.97. The number of aryl methyl sites for hydroxylation is 1. The number of allylic oxidation sites excluding steroid dienone is 1. The Morgan fingerprint density at radius 1 is 0.885 bits per heavy atom. The van der Waals surface area contributed by atoms with Crippen molar-refractivity contribution in [1.29, 1.82) is 0 Å². The number of H-pyrrole nitrogens is 2. The number of nitrogens with zero attached hydrogens (tertiary/aromatic N) is 1. The highest BCUT2D eigenvalue weighted by molar-refractivity contribution is 5.83. The molecule has 0 aromatic carbocycles. The van der Waals surface area contributed by atoms with E-state index in [1.807, 2.05) is 12.3 Å². The van der Waals surface area contributed by atoms with E-state index in [0.717, 1.165) is 42.2 Å². The predicted octanol–water partition coefficient (Wildman–Crippen LogP) is 5.67. The first-order valence-corrected chi connectivity index (χ1v) is 9.97. The van der Waals surface area contributed by atoms with Crippen LogP contribution in [0, 0.1) is 0 Å². The molecular weight excluding hydrogens is 322 g/mol. The second-order valence-electron chi connectivity index (χ2n) is 7.02. The van der Waals surface area contributed by atoms with Gasteiger partial charge in [0.1, 0.15) is 5.75 Å². The Morgan fingerprint density at radius 2 is 1.69 bits per heavy atom. The fraction of sp³-hybridized carbons (Fsp3) is 0.500. The number of ether oxygens (including phenoxy) is 1. The Balaban J connectivity index is 1.73. The first-order chi connectivity index (χ1) is 12.9.